The number of thioether (sulfide) groups is 1. The second-order valence-corrected chi connectivity index (χ2v) is 7.81. The molecule has 0 spiro atoms. The molecular weight excluding hydrogens is 383 g/mol. The Kier molecular flexibility index (Phi) is 5.61. The molecule has 0 bridgehead atoms. The maximum Gasteiger partial charge on any atom is 0.212 e. The van der Waals surface area contributed by atoms with Crippen LogP contribution in [-0.2, 0) is 5.75 Å². The molecule has 0 radical (unpaired) electrons. The van der Waals surface area contributed by atoms with Gasteiger partial charge in [-0.3, -0.25) is 0 Å². The first-order chi connectivity index (χ1) is 11.5. The summed E-state index contributed by atoms with van der Waals surface area (Å²) in [7, 11) is 0. The van der Waals surface area contributed by atoms with Crippen molar-refractivity contribution in [1.29, 1.82) is 0 Å². The molecule has 0 saturated carbocycles. The molecule has 124 valence electrons. The fourth-order valence-corrected chi connectivity index (χ4v) is 4.24. The van der Waals surface area contributed by atoms with E-state index in [1.165, 1.54) is 17.3 Å². The number of hydrogen-bond donors (Lipinski definition) is 0. The van der Waals surface area contributed by atoms with Gasteiger partial charge in [-0.2, -0.15) is 9.78 Å². The number of hydrogen-bond acceptors (Lipinski definition) is 5. The lowest BCUT2D eigenvalue weighted by Crippen LogP contribution is -1.96. The molecule has 0 atom stereocenters. The van der Waals surface area contributed by atoms with Gasteiger partial charge in [0, 0.05) is 15.8 Å². The first-order valence-electron chi connectivity index (χ1n) is 7.12. The van der Waals surface area contributed by atoms with Crippen molar-refractivity contribution in [3.8, 4) is 0 Å². The van der Waals surface area contributed by atoms with Crippen molar-refractivity contribution in [1.82, 2.24) is 14.9 Å². The highest BCUT2D eigenvalue weighted by Crippen LogP contribution is 2.28. The minimum absolute atomic E-state index is 0.628. The summed E-state index contributed by atoms with van der Waals surface area (Å²) >= 11 is 15.3. The van der Waals surface area contributed by atoms with E-state index in [4.69, 9.17) is 23.2 Å². The first-order valence-corrected chi connectivity index (χ1v) is 9.74. The van der Waals surface area contributed by atoms with Gasteiger partial charge < -0.3 is 0 Å². The first kappa shape index (κ1) is 17.5. The van der Waals surface area contributed by atoms with Gasteiger partial charge in [-0.15, -0.1) is 21.5 Å². The molecule has 1 aromatic carbocycles. The van der Waals surface area contributed by atoms with E-state index in [0.717, 1.165) is 21.4 Å². The van der Waals surface area contributed by atoms with E-state index in [1.807, 2.05) is 30.7 Å². The zero-order valence-corrected chi connectivity index (χ0v) is 16.2. The van der Waals surface area contributed by atoms with Crippen LogP contribution in [0.3, 0.4) is 0 Å². The second-order valence-electron chi connectivity index (χ2n) is 5.08. The average molecular weight is 397 g/mol. The molecule has 4 nitrogen and oxygen atoms in total. The Morgan fingerprint density at radius 3 is 2.79 bits per heavy atom. The smallest absolute Gasteiger partial charge is 0.192 e. The van der Waals surface area contributed by atoms with Gasteiger partial charge in [0.05, 0.1) is 11.1 Å². The molecule has 8 heteroatoms. The largest absolute Gasteiger partial charge is 0.212 e. The minimum atomic E-state index is 0.628. The Labute approximate surface area is 158 Å². The lowest BCUT2D eigenvalue weighted by molar-refractivity contribution is 0.744. The van der Waals surface area contributed by atoms with Crippen molar-refractivity contribution in [2.45, 2.75) is 24.8 Å². The molecule has 0 saturated heterocycles. The molecule has 3 aromatic rings. The monoisotopic (exact) mass is 396 g/mol. The van der Waals surface area contributed by atoms with Gasteiger partial charge in [0.15, 0.2) is 5.82 Å². The molecule has 0 aliphatic heterocycles. The van der Waals surface area contributed by atoms with Crippen molar-refractivity contribution < 1.29 is 0 Å². The predicted octanol–water partition coefficient (Wildman–Crippen LogP) is 5.44. The van der Waals surface area contributed by atoms with Crippen molar-refractivity contribution in [2.24, 2.45) is 5.10 Å². The van der Waals surface area contributed by atoms with Crippen molar-refractivity contribution in [3.63, 3.8) is 0 Å². The third-order valence-electron chi connectivity index (χ3n) is 3.33. The summed E-state index contributed by atoms with van der Waals surface area (Å²) in [6.07, 6.45) is 1.84. The molecule has 2 heterocycles. The van der Waals surface area contributed by atoms with Crippen LogP contribution in [0.15, 0.2) is 39.9 Å². The maximum absolute atomic E-state index is 6.22. The minimum Gasteiger partial charge on any atom is -0.192 e. The van der Waals surface area contributed by atoms with Crippen LogP contribution in [0.2, 0.25) is 10.0 Å². The summed E-state index contributed by atoms with van der Waals surface area (Å²) in [4.78, 5) is 1.12. The van der Waals surface area contributed by atoms with E-state index >= 15 is 0 Å². The van der Waals surface area contributed by atoms with Gasteiger partial charge in [-0.25, -0.2) is 0 Å². The lowest BCUT2D eigenvalue weighted by Gasteiger charge is -2.05. The maximum atomic E-state index is 6.22. The van der Waals surface area contributed by atoms with Gasteiger partial charge in [0.1, 0.15) is 0 Å². The molecule has 0 unspecified atom stereocenters. The topological polar surface area (TPSA) is 43.1 Å². The van der Waals surface area contributed by atoms with Gasteiger partial charge in [0.2, 0.25) is 5.16 Å². The van der Waals surface area contributed by atoms with E-state index in [2.05, 4.69) is 28.3 Å². The zero-order valence-electron chi connectivity index (χ0n) is 13.0. The summed E-state index contributed by atoms with van der Waals surface area (Å²) in [5, 5.41) is 16.9. The number of thiophene rings is 1. The van der Waals surface area contributed by atoms with Gasteiger partial charge in [-0.05, 0) is 48.6 Å². The van der Waals surface area contributed by atoms with Crippen LogP contribution in [-0.4, -0.2) is 21.1 Å². The predicted molar refractivity (Wildman–Crippen MR) is 103 cm³/mol. The van der Waals surface area contributed by atoms with Crippen LogP contribution in [0.25, 0.3) is 0 Å². The third kappa shape index (κ3) is 4.00. The number of aromatic nitrogens is 3. The molecule has 2 aromatic heterocycles. The highest BCUT2D eigenvalue weighted by molar-refractivity contribution is 7.98. The Morgan fingerprint density at radius 2 is 2.08 bits per heavy atom. The molecule has 0 N–H and O–H groups in total. The fraction of sp³-hybridized carbons (Fsp3) is 0.188. The summed E-state index contributed by atoms with van der Waals surface area (Å²) in [6, 6.07) is 7.57. The van der Waals surface area contributed by atoms with E-state index in [0.29, 0.717) is 15.8 Å². The standard InChI is InChI=1S/C16H14Cl2N4S2/c1-10-5-6-23-15(10)8-19-22-11(2)20-21-16(22)24-9-12-3-4-13(17)7-14(12)18/h3-8H,9H2,1-2H3/b19-8+. The summed E-state index contributed by atoms with van der Waals surface area (Å²) < 4.78 is 1.74. The average Bonchev–Trinajstić information content (AvgIpc) is 3.10. The number of aryl methyl sites for hydroxylation is 2. The van der Waals surface area contributed by atoms with E-state index in [1.54, 1.807) is 22.1 Å². The lowest BCUT2D eigenvalue weighted by atomic mass is 10.2. The molecule has 0 fully saturated rings. The highest BCUT2D eigenvalue weighted by Gasteiger charge is 2.10. The summed E-state index contributed by atoms with van der Waals surface area (Å²) in [5.74, 6) is 1.41. The Balaban J connectivity index is 1.77. The molecule has 0 aliphatic rings. The number of benzene rings is 1. The second kappa shape index (κ2) is 7.70. The van der Waals surface area contributed by atoms with Crippen LogP contribution < -0.4 is 0 Å². The van der Waals surface area contributed by atoms with Crippen molar-refractivity contribution in [2.75, 3.05) is 0 Å². The van der Waals surface area contributed by atoms with Gasteiger partial charge in [-0.1, -0.05) is 41.0 Å². The quantitative estimate of drug-likeness (QED) is 0.425. The number of rotatable bonds is 5. The Hall–Kier alpha value is -1.34. The molecule has 0 aliphatic carbocycles. The van der Waals surface area contributed by atoms with Gasteiger partial charge >= 0.3 is 0 Å². The Bertz CT molecular complexity index is 886. The normalized spacial score (nSPS) is 11.5. The highest BCUT2D eigenvalue weighted by atomic mass is 35.5. The van der Waals surface area contributed by atoms with Crippen molar-refractivity contribution >= 4 is 52.5 Å². The zero-order chi connectivity index (χ0) is 17.1. The molecule has 24 heavy (non-hydrogen) atoms. The SMILES string of the molecule is Cc1ccsc1/C=N/n1c(C)nnc1SCc1ccc(Cl)cc1Cl. The van der Waals surface area contributed by atoms with Crippen molar-refractivity contribution in [3.05, 3.63) is 61.5 Å². The van der Waals surface area contributed by atoms with E-state index in [-0.39, 0.29) is 0 Å². The summed E-state index contributed by atoms with van der Waals surface area (Å²) in [5.41, 5.74) is 2.20. The van der Waals surface area contributed by atoms with Crippen LogP contribution in [0, 0.1) is 13.8 Å². The van der Waals surface area contributed by atoms with E-state index < -0.39 is 0 Å². The van der Waals surface area contributed by atoms with Gasteiger partial charge in [0.25, 0.3) is 0 Å². The molecular formula is C16H14Cl2N4S2. The summed E-state index contributed by atoms with van der Waals surface area (Å²) in [6.45, 7) is 3.94. The molecule has 0 amide bonds. The number of nitrogens with zero attached hydrogens (tertiary/aromatic N) is 4. The van der Waals surface area contributed by atoms with E-state index in [9.17, 15) is 0 Å². The molecule has 3 rings (SSSR count). The van der Waals surface area contributed by atoms with Crippen LogP contribution in [0.5, 0.6) is 0 Å². The van der Waals surface area contributed by atoms with Crippen LogP contribution >= 0.6 is 46.3 Å². The fourth-order valence-electron chi connectivity index (χ4n) is 1.97. The Morgan fingerprint density at radius 1 is 1.25 bits per heavy atom. The van der Waals surface area contributed by atoms with Crippen LogP contribution in [0.1, 0.15) is 21.8 Å². The number of halogens is 2. The van der Waals surface area contributed by atoms with Crippen LogP contribution in [0.4, 0.5) is 0 Å². The third-order valence-corrected chi connectivity index (χ3v) is 5.84.